The van der Waals surface area contributed by atoms with Gasteiger partial charge >= 0.3 is 5.97 Å². The molecular weight excluding hydrogens is 242 g/mol. The van der Waals surface area contributed by atoms with E-state index in [-0.39, 0.29) is 0 Å². The highest BCUT2D eigenvalue weighted by molar-refractivity contribution is 7.99. The number of rotatable bonds is 7. The van der Waals surface area contributed by atoms with Gasteiger partial charge in [-0.25, -0.2) is 4.68 Å². The van der Waals surface area contributed by atoms with Crippen LogP contribution in [-0.2, 0) is 4.79 Å². The van der Waals surface area contributed by atoms with Crippen molar-refractivity contribution in [3.05, 3.63) is 0 Å². The predicted octanol–water partition coefficient (Wildman–Crippen LogP) is 0.163. The summed E-state index contributed by atoms with van der Waals surface area (Å²) in [6.07, 6.45) is 2.21. The molecule has 1 aromatic rings. The van der Waals surface area contributed by atoms with Crippen LogP contribution in [0.4, 0.5) is 0 Å². The van der Waals surface area contributed by atoms with Crippen LogP contribution in [0.2, 0.25) is 0 Å². The number of carboxylic acids is 1. The van der Waals surface area contributed by atoms with Crippen molar-refractivity contribution < 1.29 is 9.90 Å². The first-order chi connectivity index (χ1) is 8.22. The van der Waals surface area contributed by atoms with Gasteiger partial charge in [0.25, 0.3) is 0 Å². The molecule has 17 heavy (non-hydrogen) atoms. The maximum atomic E-state index is 10.9. The van der Waals surface area contributed by atoms with Gasteiger partial charge in [-0.15, -0.1) is 5.10 Å². The summed E-state index contributed by atoms with van der Waals surface area (Å²) in [4.78, 5) is 10.9. The number of aromatic nitrogens is 4. The molecule has 0 spiro atoms. The average Bonchev–Trinajstić information content (AvgIpc) is 3.04. The van der Waals surface area contributed by atoms with Gasteiger partial charge in [-0.3, -0.25) is 4.79 Å². The van der Waals surface area contributed by atoms with Crippen LogP contribution in [0.3, 0.4) is 0 Å². The number of tetrazole rings is 1. The highest BCUT2D eigenvalue weighted by Gasteiger charge is 2.28. The molecule has 2 N–H and O–H groups in total. The number of nitrogens with zero attached hydrogens (tertiary/aromatic N) is 4. The van der Waals surface area contributed by atoms with E-state index in [4.69, 9.17) is 5.11 Å². The molecule has 8 heteroatoms. The van der Waals surface area contributed by atoms with E-state index in [1.807, 2.05) is 6.92 Å². The van der Waals surface area contributed by atoms with Gasteiger partial charge in [-0.2, -0.15) is 0 Å². The molecule has 1 unspecified atom stereocenters. The van der Waals surface area contributed by atoms with Crippen LogP contribution < -0.4 is 5.32 Å². The van der Waals surface area contributed by atoms with E-state index in [9.17, 15) is 4.79 Å². The van der Waals surface area contributed by atoms with Gasteiger partial charge in [0, 0.05) is 5.75 Å². The van der Waals surface area contributed by atoms with Gasteiger partial charge in [-0.1, -0.05) is 18.7 Å². The Morgan fingerprint density at radius 2 is 2.47 bits per heavy atom. The van der Waals surface area contributed by atoms with Crippen LogP contribution in [0, 0.1) is 0 Å². The second kappa shape index (κ2) is 5.46. The zero-order valence-electron chi connectivity index (χ0n) is 9.54. The van der Waals surface area contributed by atoms with Crippen molar-refractivity contribution in [1.82, 2.24) is 25.5 Å². The third kappa shape index (κ3) is 3.16. The van der Waals surface area contributed by atoms with Crippen LogP contribution in [0.1, 0.15) is 25.8 Å². The summed E-state index contributed by atoms with van der Waals surface area (Å²) >= 11 is 1.38. The molecule has 2 rings (SSSR count). The summed E-state index contributed by atoms with van der Waals surface area (Å²) in [5, 5.41) is 24.1. The summed E-state index contributed by atoms with van der Waals surface area (Å²) in [7, 11) is 0. The van der Waals surface area contributed by atoms with Gasteiger partial charge in [0.05, 0.1) is 6.04 Å². The smallest absolute Gasteiger partial charge is 0.321 e. The van der Waals surface area contributed by atoms with E-state index in [1.165, 1.54) is 11.8 Å². The molecule has 1 aliphatic rings. The molecular formula is C9H15N5O2S. The number of likely N-dealkylation sites (N-methyl/N-ethyl adjacent to an activating group) is 1. The van der Waals surface area contributed by atoms with Crippen molar-refractivity contribution >= 4 is 17.7 Å². The molecule has 1 aliphatic carbocycles. The van der Waals surface area contributed by atoms with Gasteiger partial charge < -0.3 is 10.4 Å². The average molecular weight is 257 g/mol. The van der Waals surface area contributed by atoms with Crippen molar-refractivity contribution in [3.63, 3.8) is 0 Å². The number of hydrogen-bond acceptors (Lipinski definition) is 6. The van der Waals surface area contributed by atoms with Gasteiger partial charge in [0.1, 0.15) is 6.04 Å². The van der Waals surface area contributed by atoms with E-state index in [0.717, 1.165) is 12.8 Å². The van der Waals surface area contributed by atoms with Crippen molar-refractivity contribution in [2.45, 2.75) is 37.0 Å². The topological polar surface area (TPSA) is 92.9 Å². The lowest BCUT2D eigenvalue weighted by atomic mass is 10.3. The molecule has 1 aromatic heterocycles. The fraction of sp³-hybridized carbons (Fsp3) is 0.778. The lowest BCUT2D eigenvalue weighted by molar-refractivity contribution is -0.138. The molecule has 1 atom stereocenters. The Labute approximate surface area is 103 Å². The molecule has 0 saturated heterocycles. The summed E-state index contributed by atoms with van der Waals surface area (Å²) in [6.45, 7) is 2.51. The molecule has 0 bridgehead atoms. The number of nitrogens with one attached hydrogen (secondary N) is 1. The molecule has 0 aromatic carbocycles. The Balaban J connectivity index is 1.91. The predicted molar refractivity (Wildman–Crippen MR) is 61.9 cm³/mol. The van der Waals surface area contributed by atoms with Crippen LogP contribution in [0.5, 0.6) is 0 Å². The van der Waals surface area contributed by atoms with Crippen LogP contribution in [0.25, 0.3) is 0 Å². The molecule has 0 radical (unpaired) electrons. The Morgan fingerprint density at radius 1 is 1.71 bits per heavy atom. The molecule has 0 aliphatic heterocycles. The Kier molecular flexibility index (Phi) is 3.95. The number of carboxylic acid groups (broad SMARTS) is 1. The van der Waals surface area contributed by atoms with Crippen molar-refractivity contribution in [3.8, 4) is 0 Å². The summed E-state index contributed by atoms with van der Waals surface area (Å²) in [6, 6.07) is -0.149. The maximum absolute atomic E-state index is 10.9. The van der Waals surface area contributed by atoms with Gasteiger partial charge in [0.15, 0.2) is 0 Å². The van der Waals surface area contributed by atoms with E-state index >= 15 is 0 Å². The van der Waals surface area contributed by atoms with E-state index in [0.29, 0.717) is 23.5 Å². The van der Waals surface area contributed by atoms with Gasteiger partial charge in [-0.05, 0) is 29.8 Å². The second-order valence-electron chi connectivity index (χ2n) is 3.90. The number of thioether (sulfide) groups is 1. The van der Waals surface area contributed by atoms with Crippen LogP contribution >= 0.6 is 11.8 Å². The first-order valence-corrected chi connectivity index (χ1v) is 6.57. The van der Waals surface area contributed by atoms with Gasteiger partial charge in [0.2, 0.25) is 5.16 Å². The fourth-order valence-electron chi connectivity index (χ4n) is 1.45. The van der Waals surface area contributed by atoms with Crippen molar-refractivity contribution in [1.29, 1.82) is 0 Å². The number of aliphatic carboxylic acids is 1. The fourth-order valence-corrected chi connectivity index (χ4v) is 2.44. The lowest BCUT2D eigenvalue weighted by Gasteiger charge is -2.11. The zero-order chi connectivity index (χ0) is 12.3. The van der Waals surface area contributed by atoms with E-state index < -0.39 is 12.0 Å². The minimum atomic E-state index is -0.843. The normalized spacial score (nSPS) is 17.0. The molecule has 7 nitrogen and oxygen atoms in total. The van der Waals surface area contributed by atoms with Crippen molar-refractivity contribution in [2.24, 2.45) is 0 Å². The number of carbonyl (C=O) groups is 1. The van der Waals surface area contributed by atoms with Crippen LogP contribution in [-0.4, -0.2) is 49.6 Å². The molecule has 0 amide bonds. The van der Waals surface area contributed by atoms with Crippen LogP contribution in [0.15, 0.2) is 5.16 Å². The van der Waals surface area contributed by atoms with Crippen molar-refractivity contribution in [2.75, 3.05) is 12.3 Å². The number of hydrogen-bond donors (Lipinski definition) is 2. The third-order valence-electron chi connectivity index (χ3n) is 2.48. The monoisotopic (exact) mass is 257 g/mol. The largest absolute Gasteiger partial charge is 0.480 e. The third-order valence-corrected chi connectivity index (χ3v) is 3.51. The highest BCUT2D eigenvalue weighted by Crippen LogP contribution is 2.36. The molecule has 1 fully saturated rings. The first-order valence-electron chi connectivity index (χ1n) is 5.59. The second-order valence-corrected chi connectivity index (χ2v) is 4.88. The lowest BCUT2D eigenvalue weighted by Crippen LogP contribution is -2.38. The minimum Gasteiger partial charge on any atom is -0.480 e. The Morgan fingerprint density at radius 3 is 3.06 bits per heavy atom. The summed E-state index contributed by atoms with van der Waals surface area (Å²) in [5.41, 5.74) is 0. The molecule has 1 heterocycles. The minimum absolute atomic E-state index is 0.412. The first kappa shape index (κ1) is 12.3. The highest BCUT2D eigenvalue weighted by atomic mass is 32.2. The Hall–Kier alpha value is -1.15. The summed E-state index contributed by atoms with van der Waals surface area (Å²) in [5.74, 6) is -0.416. The van der Waals surface area contributed by atoms with E-state index in [1.54, 1.807) is 4.68 Å². The summed E-state index contributed by atoms with van der Waals surface area (Å²) < 4.78 is 1.79. The molecule has 1 saturated carbocycles. The standard InChI is InChI=1S/C9H15N5O2S/c1-2-10-7(8(15)16)5-17-9-11-12-13-14(9)6-3-4-6/h6-7,10H,2-5H2,1H3,(H,15,16). The Bertz CT molecular complexity index is 392. The molecule has 94 valence electrons. The van der Waals surface area contributed by atoms with E-state index in [2.05, 4.69) is 20.8 Å². The zero-order valence-corrected chi connectivity index (χ0v) is 10.4. The maximum Gasteiger partial charge on any atom is 0.321 e. The quantitative estimate of drug-likeness (QED) is 0.672. The SMILES string of the molecule is CCNC(CSc1nnnn1C1CC1)C(=O)O.